The van der Waals surface area contributed by atoms with Crippen molar-refractivity contribution in [3.8, 4) is 5.75 Å². The largest absolute Gasteiger partial charge is 0.479 e. The lowest BCUT2D eigenvalue weighted by molar-refractivity contribution is -0.127. The SMILES string of the molecule is CC1Oc2ccc(C(=O)CN3C(=O)NC(c4ccccc4)C3=O)cc2N(C)C1=O. The normalized spacial score (nSPS) is 21.0. The maximum absolute atomic E-state index is 12.8. The topological polar surface area (TPSA) is 96.0 Å². The third-order valence-electron chi connectivity index (χ3n) is 5.08. The number of nitrogens with zero attached hydrogens (tertiary/aromatic N) is 2. The van der Waals surface area contributed by atoms with Crippen LogP contribution >= 0.6 is 0 Å². The lowest BCUT2D eigenvalue weighted by Gasteiger charge is -2.30. The van der Waals surface area contributed by atoms with Gasteiger partial charge in [0.15, 0.2) is 11.9 Å². The number of hydrogen-bond donors (Lipinski definition) is 1. The molecule has 29 heavy (non-hydrogen) atoms. The Hall–Kier alpha value is -3.68. The summed E-state index contributed by atoms with van der Waals surface area (Å²) in [6.07, 6.45) is -0.602. The van der Waals surface area contributed by atoms with E-state index in [2.05, 4.69) is 5.32 Å². The molecule has 1 fully saturated rings. The number of carbonyl (C=O) groups is 4. The fraction of sp³-hybridized carbons (Fsp3) is 0.238. The van der Waals surface area contributed by atoms with Gasteiger partial charge in [-0.25, -0.2) is 4.79 Å². The molecule has 4 rings (SSSR count). The van der Waals surface area contributed by atoms with Crippen molar-refractivity contribution in [2.45, 2.75) is 19.1 Å². The van der Waals surface area contributed by atoms with Crippen molar-refractivity contribution in [3.63, 3.8) is 0 Å². The summed E-state index contributed by atoms with van der Waals surface area (Å²) in [4.78, 5) is 52.1. The van der Waals surface area contributed by atoms with Gasteiger partial charge in [0, 0.05) is 12.6 Å². The Balaban J connectivity index is 1.54. The molecule has 1 N–H and O–H groups in total. The first-order chi connectivity index (χ1) is 13.9. The van der Waals surface area contributed by atoms with Crippen LogP contribution in [-0.4, -0.2) is 48.2 Å². The number of imide groups is 1. The molecule has 2 atom stereocenters. The van der Waals surface area contributed by atoms with Crippen molar-refractivity contribution >= 4 is 29.3 Å². The zero-order chi connectivity index (χ0) is 20.7. The molecule has 8 nitrogen and oxygen atoms in total. The molecule has 2 aromatic carbocycles. The molecule has 0 aliphatic carbocycles. The van der Waals surface area contributed by atoms with E-state index in [4.69, 9.17) is 4.74 Å². The van der Waals surface area contributed by atoms with Gasteiger partial charge in [-0.1, -0.05) is 30.3 Å². The summed E-state index contributed by atoms with van der Waals surface area (Å²) in [7, 11) is 1.61. The highest BCUT2D eigenvalue weighted by molar-refractivity contribution is 6.10. The first-order valence-electron chi connectivity index (χ1n) is 9.15. The molecule has 2 heterocycles. The number of urea groups is 1. The van der Waals surface area contributed by atoms with Crippen molar-refractivity contribution in [2.24, 2.45) is 0 Å². The van der Waals surface area contributed by atoms with Gasteiger partial charge in [-0.15, -0.1) is 0 Å². The van der Waals surface area contributed by atoms with Gasteiger partial charge in [0.2, 0.25) is 0 Å². The van der Waals surface area contributed by atoms with E-state index in [0.29, 0.717) is 17.0 Å². The van der Waals surface area contributed by atoms with Crippen LogP contribution in [0.3, 0.4) is 0 Å². The second kappa shape index (κ2) is 7.05. The molecule has 0 radical (unpaired) electrons. The summed E-state index contributed by atoms with van der Waals surface area (Å²) in [5.41, 5.74) is 1.41. The number of Topliss-reactive ketones (excluding diaryl/α,β-unsaturated/α-hetero) is 1. The van der Waals surface area contributed by atoms with E-state index in [1.165, 1.54) is 11.0 Å². The summed E-state index contributed by atoms with van der Waals surface area (Å²) in [5, 5.41) is 2.61. The predicted octanol–water partition coefficient (Wildman–Crippen LogP) is 1.91. The van der Waals surface area contributed by atoms with Crippen molar-refractivity contribution in [1.82, 2.24) is 10.2 Å². The second-order valence-electron chi connectivity index (χ2n) is 6.98. The number of fused-ring (bicyclic) bond motifs is 1. The Morgan fingerprint density at radius 3 is 2.52 bits per heavy atom. The van der Waals surface area contributed by atoms with Crippen LogP contribution in [0.25, 0.3) is 0 Å². The maximum Gasteiger partial charge on any atom is 0.325 e. The monoisotopic (exact) mass is 393 g/mol. The minimum Gasteiger partial charge on any atom is -0.479 e. The Bertz CT molecular complexity index is 1020. The highest BCUT2D eigenvalue weighted by atomic mass is 16.5. The molecule has 1 saturated heterocycles. The van der Waals surface area contributed by atoms with E-state index in [-0.39, 0.29) is 18.0 Å². The number of carbonyl (C=O) groups excluding carboxylic acids is 4. The van der Waals surface area contributed by atoms with Crippen LogP contribution in [0.1, 0.15) is 28.9 Å². The number of benzene rings is 2. The summed E-state index contributed by atoms with van der Waals surface area (Å²) in [5.74, 6) is -0.612. The number of anilines is 1. The van der Waals surface area contributed by atoms with Crippen LogP contribution in [0.15, 0.2) is 48.5 Å². The van der Waals surface area contributed by atoms with Crippen LogP contribution < -0.4 is 15.0 Å². The van der Waals surface area contributed by atoms with Crippen LogP contribution in [0.2, 0.25) is 0 Å². The van der Waals surface area contributed by atoms with E-state index < -0.39 is 29.9 Å². The third-order valence-corrected chi connectivity index (χ3v) is 5.08. The zero-order valence-electron chi connectivity index (χ0n) is 15.9. The molecular weight excluding hydrogens is 374 g/mol. The van der Waals surface area contributed by atoms with Gasteiger partial charge in [-0.2, -0.15) is 0 Å². The average Bonchev–Trinajstić information content (AvgIpc) is 3.01. The predicted molar refractivity (Wildman–Crippen MR) is 104 cm³/mol. The van der Waals surface area contributed by atoms with Crippen LogP contribution in [0.5, 0.6) is 5.75 Å². The first-order valence-corrected chi connectivity index (χ1v) is 9.15. The summed E-state index contributed by atoms with van der Waals surface area (Å²) in [6.45, 7) is 1.27. The fourth-order valence-corrected chi connectivity index (χ4v) is 3.46. The first kappa shape index (κ1) is 18.7. The van der Waals surface area contributed by atoms with E-state index in [0.717, 1.165) is 4.90 Å². The number of ketones is 1. The molecule has 2 aliphatic heterocycles. The van der Waals surface area contributed by atoms with Crippen LogP contribution in [-0.2, 0) is 9.59 Å². The summed E-state index contributed by atoms with van der Waals surface area (Å²) >= 11 is 0. The molecule has 0 spiro atoms. The molecule has 0 saturated carbocycles. The number of nitrogens with one attached hydrogen (secondary N) is 1. The second-order valence-corrected chi connectivity index (χ2v) is 6.98. The highest BCUT2D eigenvalue weighted by Crippen LogP contribution is 2.34. The van der Waals surface area contributed by atoms with E-state index in [9.17, 15) is 19.2 Å². The lowest BCUT2D eigenvalue weighted by Crippen LogP contribution is -2.42. The maximum atomic E-state index is 12.8. The van der Waals surface area contributed by atoms with E-state index >= 15 is 0 Å². The number of likely N-dealkylation sites (N-methyl/N-ethyl adjacent to an activating group) is 1. The van der Waals surface area contributed by atoms with Gasteiger partial charge in [-0.3, -0.25) is 19.3 Å². The quantitative estimate of drug-likeness (QED) is 0.632. The Morgan fingerprint density at radius 2 is 1.79 bits per heavy atom. The summed E-state index contributed by atoms with van der Waals surface area (Å²) in [6, 6.07) is 12.1. The van der Waals surface area contributed by atoms with Gasteiger partial charge >= 0.3 is 6.03 Å². The van der Waals surface area contributed by atoms with Crippen molar-refractivity contribution in [3.05, 3.63) is 59.7 Å². The standard InChI is InChI=1S/C21H19N3O5/c1-12-19(26)23(2)15-10-14(8-9-17(15)29-12)16(25)11-24-20(27)18(22-21(24)28)13-6-4-3-5-7-13/h3-10,12,18H,11H2,1-2H3,(H,22,28). The molecule has 8 heteroatoms. The number of rotatable bonds is 4. The Labute approximate surface area is 167 Å². The molecule has 2 aliphatic rings. The fourth-order valence-electron chi connectivity index (χ4n) is 3.46. The van der Waals surface area contributed by atoms with Crippen LogP contribution in [0.4, 0.5) is 10.5 Å². The molecule has 0 bridgehead atoms. The van der Waals surface area contributed by atoms with Crippen molar-refractivity contribution in [2.75, 3.05) is 18.5 Å². The van der Waals surface area contributed by atoms with Crippen molar-refractivity contribution < 1.29 is 23.9 Å². The molecule has 0 aromatic heterocycles. The van der Waals surface area contributed by atoms with E-state index in [1.807, 2.05) is 6.07 Å². The number of amides is 4. The number of ether oxygens (including phenoxy) is 1. The van der Waals surface area contributed by atoms with Crippen molar-refractivity contribution in [1.29, 1.82) is 0 Å². The molecule has 2 aromatic rings. The van der Waals surface area contributed by atoms with E-state index in [1.54, 1.807) is 50.4 Å². The lowest BCUT2D eigenvalue weighted by atomic mass is 10.1. The zero-order valence-corrected chi connectivity index (χ0v) is 15.9. The van der Waals surface area contributed by atoms with Gasteiger partial charge in [0.25, 0.3) is 11.8 Å². The van der Waals surface area contributed by atoms with Gasteiger partial charge in [0.1, 0.15) is 11.8 Å². The average molecular weight is 393 g/mol. The molecule has 4 amide bonds. The van der Waals surface area contributed by atoms with Crippen LogP contribution in [0, 0.1) is 0 Å². The minimum atomic E-state index is -0.807. The molecule has 148 valence electrons. The smallest absolute Gasteiger partial charge is 0.325 e. The highest BCUT2D eigenvalue weighted by Gasteiger charge is 2.40. The Morgan fingerprint density at radius 1 is 1.07 bits per heavy atom. The minimum absolute atomic E-state index is 0.220. The molecule has 2 unspecified atom stereocenters. The number of hydrogen-bond acceptors (Lipinski definition) is 5. The molecular formula is C21H19N3O5. The Kier molecular flexibility index (Phi) is 4.54. The third kappa shape index (κ3) is 3.22. The van der Waals surface area contributed by atoms with Gasteiger partial charge in [0.05, 0.1) is 12.2 Å². The summed E-state index contributed by atoms with van der Waals surface area (Å²) < 4.78 is 5.55. The van der Waals surface area contributed by atoms with Gasteiger partial charge in [-0.05, 0) is 30.7 Å². The van der Waals surface area contributed by atoms with Gasteiger partial charge < -0.3 is 15.0 Å².